The maximum Gasteiger partial charge on any atom is 0.125 e. The van der Waals surface area contributed by atoms with Gasteiger partial charge in [0.1, 0.15) is 5.75 Å². The highest BCUT2D eigenvalue weighted by atomic mass is 32.1. The second-order valence-electron chi connectivity index (χ2n) is 7.53. The van der Waals surface area contributed by atoms with E-state index in [0.29, 0.717) is 0 Å². The van der Waals surface area contributed by atoms with Crippen LogP contribution in [0.5, 0.6) is 5.75 Å². The lowest BCUT2D eigenvalue weighted by Crippen LogP contribution is -2.07. The molecule has 0 aliphatic heterocycles. The molecule has 2 aromatic heterocycles. The van der Waals surface area contributed by atoms with Crippen LogP contribution in [0.1, 0.15) is 52.0 Å². The Kier molecular flexibility index (Phi) is 4.76. The van der Waals surface area contributed by atoms with Gasteiger partial charge in [0.15, 0.2) is 0 Å². The quantitative estimate of drug-likeness (QED) is 0.395. The van der Waals surface area contributed by atoms with Crippen LogP contribution in [0.3, 0.4) is 0 Å². The molecule has 1 unspecified atom stereocenters. The van der Waals surface area contributed by atoms with E-state index in [4.69, 9.17) is 12.6 Å². The van der Waals surface area contributed by atoms with Crippen molar-refractivity contribution in [1.29, 1.82) is 0 Å². The molecule has 3 nitrogen and oxygen atoms in total. The zero-order valence-corrected chi connectivity index (χ0v) is 17.5. The number of phenols is 1. The number of fused-ring (bicyclic) bond motifs is 1. The largest absolute Gasteiger partial charge is 0.507 e. The molecule has 28 heavy (non-hydrogen) atoms. The molecule has 0 spiro atoms. The first-order valence-electron chi connectivity index (χ1n) is 9.69. The van der Waals surface area contributed by atoms with Crippen molar-refractivity contribution >= 4 is 24.8 Å². The van der Waals surface area contributed by atoms with E-state index in [0.717, 1.165) is 40.1 Å². The minimum Gasteiger partial charge on any atom is -0.507 e. The lowest BCUT2D eigenvalue weighted by atomic mass is 9.85. The Hall–Kier alpha value is -2.59. The van der Waals surface area contributed by atoms with Gasteiger partial charge in [-0.1, -0.05) is 25.7 Å². The van der Waals surface area contributed by atoms with Crippen molar-refractivity contribution in [1.82, 2.24) is 9.97 Å². The predicted molar refractivity (Wildman–Crippen MR) is 120 cm³/mol. The molecule has 1 aromatic carbocycles. The number of nitrogens with one attached hydrogen (secondary N) is 2. The van der Waals surface area contributed by atoms with Crippen LogP contribution in [-0.4, -0.2) is 15.1 Å². The van der Waals surface area contributed by atoms with Crippen molar-refractivity contribution in [2.45, 2.75) is 44.4 Å². The van der Waals surface area contributed by atoms with Gasteiger partial charge in [0.25, 0.3) is 0 Å². The molecular formula is C24H26N2OS. The molecular weight excluding hydrogens is 364 g/mol. The minimum atomic E-state index is 0.207. The number of thiol groups is 1. The number of aromatic hydroxyl groups is 1. The van der Waals surface area contributed by atoms with Crippen LogP contribution in [0.15, 0.2) is 35.9 Å². The molecule has 0 fully saturated rings. The fourth-order valence-electron chi connectivity index (χ4n) is 4.27. The smallest absolute Gasteiger partial charge is 0.125 e. The second-order valence-corrected chi connectivity index (χ2v) is 8.01. The van der Waals surface area contributed by atoms with E-state index >= 15 is 0 Å². The van der Waals surface area contributed by atoms with Gasteiger partial charge in [0, 0.05) is 34.0 Å². The van der Waals surface area contributed by atoms with E-state index in [1.165, 1.54) is 28.1 Å². The van der Waals surface area contributed by atoms with Gasteiger partial charge in [0.05, 0.1) is 5.69 Å². The van der Waals surface area contributed by atoms with Gasteiger partial charge in [0.2, 0.25) is 0 Å². The molecule has 1 atom stereocenters. The molecule has 144 valence electrons. The SMILES string of the molecule is C=Cc1cc(O)c(-c2[nH]cc(S)c2C2C=Cc3[nH]c(C)c(C)c3C2)cc1CC. The summed E-state index contributed by atoms with van der Waals surface area (Å²) in [5, 5.41) is 10.7. The zero-order chi connectivity index (χ0) is 20.0. The zero-order valence-electron chi connectivity index (χ0n) is 16.6. The molecule has 1 aliphatic rings. The number of rotatable bonds is 4. The molecule has 1 aliphatic carbocycles. The average molecular weight is 391 g/mol. The monoisotopic (exact) mass is 390 g/mol. The van der Waals surface area contributed by atoms with Crippen molar-refractivity contribution in [2.24, 2.45) is 0 Å². The average Bonchev–Trinajstić information content (AvgIpc) is 3.21. The highest BCUT2D eigenvalue weighted by molar-refractivity contribution is 7.80. The van der Waals surface area contributed by atoms with E-state index in [9.17, 15) is 5.11 Å². The Labute approximate surface area is 171 Å². The Balaban J connectivity index is 1.82. The summed E-state index contributed by atoms with van der Waals surface area (Å²) in [4.78, 5) is 7.74. The molecule has 0 radical (unpaired) electrons. The van der Waals surface area contributed by atoms with Crippen molar-refractivity contribution in [3.8, 4) is 17.0 Å². The van der Waals surface area contributed by atoms with Crippen molar-refractivity contribution in [3.63, 3.8) is 0 Å². The van der Waals surface area contributed by atoms with Gasteiger partial charge in [-0.25, -0.2) is 0 Å². The molecule has 3 aromatic rings. The summed E-state index contributed by atoms with van der Waals surface area (Å²) in [6.45, 7) is 10.3. The molecule has 0 bridgehead atoms. The summed E-state index contributed by atoms with van der Waals surface area (Å²) in [6, 6.07) is 3.87. The first-order valence-corrected chi connectivity index (χ1v) is 10.1. The summed E-state index contributed by atoms with van der Waals surface area (Å²) < 4.78 is 0. The molecule has 0 saturated heterocycles. The number of aromatic nitrogens is 2. The normalized spacial score (nSPS) is 15.6. The Morgan fingerprint density at radius 1 is 1.32 bits per heavy atom. The fraction of sp³-hybridized carbons (Fsp3) is 0.250. The number of phenolic OH excluding ortho intramolecular Hbond substituents is 1. The summed E-state index contributed by atoms with van der Waals surface area (Å²) in [5.74, 6) is 0.469. The van der Waals surface area contributed by atoms with Gasteiger partial charge in [-0.3, -0.25) is 0 Å². The van der Waals surface area contributed by atoms with Crippen LogP contribution in [0, 0.1) is 13.8 Å². The van der Waals surface area contributed by atoms with Crippen LogP contribution in [0.2, 0.25) is 0 Å². The molecule has 2 heterocycles. The summed E-state index contributed by atoms with van der Waals surface area (Å²) in [5.41, 5.74) is 10.2. The standard InChI is InChI=1S/C24H26N2OS/c1-5-15-9-19(21(27)11-16(15)6-2)24-23(22(28)12-25-24)17-7-8-20-18(10-17)13(3)14(4)26-20/h6-9,11-12,17,25-28H,2,5,10H2,1,3-4H3. The van der Waals surface area contributed by atoms with Gasteiger partial charge < -0.3 is 15.1 Å². The third-order valence-electron chi connectivity index (χ3n) is 5.98. The number of H-pyrrole nitrogens is 2. The van der Waals surface area contributed by atoms with Crippen LogP contribution in [-0.2, 0) is 12.8 Å². The lowest BCUT2D eigenvalue weighted by molar-refractivity contribution is 0.476. The first kappa shape index (κ1) is 18.8. The maximum absolute atomic E-state index is 10.7. The number of allylic oxidation sites excluding steroid dienone is 1. The van der Waals surface area contributed by atoms with Gasteiger partial charge >= 0.3 is 0 Å². The van der Waals surface area contributed by atoms with E-state index in [1.54, 1.807) is 12.1 Å². The minimum absolute atomic E-state index is 0.207. The third-order valence-corrected chi connectivity index (χ3v) is 6.35. The van der Waals surface area contributed by atoms with Crippen molar-refractivity contribution in [2.75, 3.05) is 0 Å². The number of aromatic amines is 2. The van der Waals surface area contributed by atoms with Crippen LogP contribution >= 0.6 is 12.6 Å². The fourth-order valence-corrected chi connectivity index (χ4v) is 4.61. The topological polar surface area (TPSA) is 51.8 Å². The van der Waals surface area contributed by atoms with E-state index in [-0.39, 0.29) is 11.7 Å². The van der Waals surface area contributed by atoms with Gasteiger partial charge in [-0.15, -0.1) is 12.6 Å². The van der Waals surface area contributed by atoms with E-state index in [1.807, 2.05) is 6.20 Å². The van der Waals surface area contributed by atoms with E-state index in [2.05, 4.69) is 55.5 Å². The van der Waals surface area contributed by atoms with E-state index < -0.39 is 0 Å². The molecule has 4 heteroatoms. The Morgan fingerprint density at radius 2 is 2.11 bits per heavy atom. The lowest BCUT2D eigenvalue weighted by Gasteiger charge is -2.20. The van der Waals surface area contributed by atoms with Crippen LogP contribution in [0.25, 0.3) is 23.4 Å². The first-order chi connectivity index (χ1) is 13.4. The molecule has 0 amide bonds. The second kappa shape index (κ2) is 7.10. The molecule has 4 rings (SSSR count). The van der Waals surface area contributed by atoms with Gasteiger partial charge in [-0.2, -0.15) is 0 Å². The molecule has 3 N–H and O–H groups in total. The number of hydrogen-bond acceptors (Lipinski definition) is 2. The summed E-state index contributed by atoms with van der Waals surface area (Å²) in [6.07, 6.45) is 9.92. The number of aryl methyl sites for hydroxylation is 2. The van der Waals surface area contributed by atoms with Crippen LogP contribution in [0.4, 0.5) is 0 Å². The summed E-state index contributed by atoms with van der Waals surface area (Å²) in [7, 11) is 0. The molecule has 0 saturated carbocycles. The van der Waals surface area contributed by atoms with Crippen LogP contribution < -0.4 is 0 Å². The van der Waals surface area contributed by atoms with Crippen molar-refractivity contribution in [3.05, 3.63) is 70.2 Å². The predicted octanol–water partition coefficient (Wildman–Crippen LogP) is 6.18. The highest BCUT2D eigenvalue weighted by Crippen LogP contribution is 2.42. The third kappa shape index (κ3) is 2.92. The highest BCUT2D eigenvalue weighted by Gasteiger charge is 2.26. The Bertz CT molecular complexity index is 1100. The number of hydrogen-bond donors (Lipinski definition) is 4. The summed E-state index contributed by atoms with van der Waals surface area (Å²) >= 11 is 4.73. The Morgan fingerprint density at radius 3 is 2.82 bits per heavy atom. The van der Waals surface area contributed by atoms with Crippen molar-refractivity contribution < 1.29 is 5.11 Å². The number of benzene rings is 1. The van der Waals surface area contributed by atoms with Gasteiger partial charge in [-0.05, 0) is 72.7 Å². The maximum atomic E-state index is 10.7.